The van der Waals surface area contributed by atoms with Crippen molar-refractivity contribution in [3.63, 3.8) is 0 Å². The fourth-order valence-electron chi connectivity index (χ4n) is 1.80. The van der Waals surface area contributed by atoms with Crippen LogP contribution in [0.4, 0.5) is 0 Å². The molecule has 0 radical (unpaired) electrons. The summed E-state index contributed by atoms with van der Waals surface area (Å²) in [4.78, 5) is 22.8. The number of carbonyl (C=O) groups excluding carboxylic acids is 1. The van der Waals surface area contributed by atoms with Crippen LogP contribution in [0.1, 0.15) is 38.5 Å². The SMILES string of the molecule is COCC(NC(=O)c1cc(C(=O)O)co1)c1ccc(C)o1. The van der Waals surface area contributed by atoms with Crippen LogP contribution in [0.5, 0.6) is 0 Å². The maximum Gasteiger partial charge on any atom is 0.338 e. The Morgan fingerprint density at radius 3 is 2.71 bits per heavy atom. The van der Waals surface area contributed by atoms with Crippen molar-refractivity contribution in [1.82, 2.24) is 5.32 Å². The molecule has 1 atom stereocenters. The largest absolute Gasteiger partial charge is 0.478 e. The average molecular weight is 293 g/mol. The van der Waals surface area contributed by atoms with Crippen molar-refractivity contribution in [2.24, 2.45) is 0 Å². The first-order valence-corrected chi connectivity index (χ1v) is 6.19. The van der Waals surface area contributed by atoms with Gasteiger partial charge in [-0.2, -0.15) is 0 Å². The second-order valence-corrected chi connectivity index (χ2v) is 4.43. The fourth-order valence-corrected chi connectivity index (χ4v) is 1.80. The highest BCUT2D eigenvalue weighted by atomic mass is 16.5. The molecule has 2 aromatic rings. The molecule has 0 aliphatic heterocycles. The van der Waals surface area contributed by atoms with Crippen molar-refractivity contribution in [3.8, 4) is 0 Å². The van der Waals surface area contributed by atoms with E-state index in [0.717, 1.165) is 12.3 Å². The Morgan fingerprint density at radius 2 is 2.19 bits per heavy atom. The van der Waals surface area contributed by atoms with Gasteiger partial charge < -0.3 is 24.0 Å². The Kier molecular flexibility index (Phi) is 4.44. The maximum absolute atomic E-state index is 12.1. The maximum atomic E-state index is 12.1. The van der Waals surface area contributed by atoms with Crippen molar-refractivity contribution in [1.29, 1.82) is 0 Å². The number of carboxylic acid groups (broad SMARTS) is 1. The molecule has 1 amide bonds. The van der Waals surface area contributed by atoms with Crippen molar-refractivity contribution >= 4 is 11.9 Å². The van der Waals surface area contributed by atoms with E-state index >= 15 is 0 Å². The molecule has 0 aliphatic carbocycles. The number of hydrogen-bond acceptors (Lipinski definition) is 5. The molecule has 0 aliphatic rings. The Labute approximate surface area is 120 Å². The van der Waals surface area contributed by atoms with Crippen LogP contribution < -0.4 is 5.32 Å². The van der Waals surface area contributed by atoms with E-state index in [0.29, 0.717) is 11.5 Å². The standard InChI is InChI=1S/C14H15NO6/c1-8-3-4-11(21-8)10(7-19-2)15-13(16)12-5-9(6-20-12)14(17)18/h3-6,10H,7H2,1-2H3,(H,15,16)(H,17,18). The van der Waals surface area contributed by atoms with E-state index in [4.69, 9.17) is 18.7 Å². The third kappa shape index (κ3) is 3.51. The summed E-state index contributed by atoms with van der Waals surface area (Å²) >= 11 is 0. The second kappa shape index (κ2) is 6.27. The number of aryl methyl sites for hydroxylation is 1. The second-order valence-electron chi connectivity index (χ2n) is 4.43. The first kappa shape index (κ1) is 14.9. The number of rotatable bonds is 6. The van der Waals surface area contributed by atoms with Crippen LogP contribution in [0.2, 0.25) is 0 Å². The van der Waals surface area contributed by atoms with Crippen LogP contribution in [0.15, 0.2) is 33.3 Å². The minimum absolute atomic E-state index is 0.0858. The zero-order valence-corrected chi connectivity index (χ0v) is 11.6. The number of methoxy groups -OCH3 is 1. The summed E-state index contributed by atoms with van der Waals surface area (Å²) in [7, 11) is 1.50. The quantitative estimate of drug-likeness (QED) is 0.844. The Balaban J connectivity index is 2.12. The predicted molar refractivity (Wildman–Crippen MR) is 71.2 cm³/mol. The minimum atomic E-state index is -1.16. The molecule has 112 valence electrons. The summed E-state index contributed by atoms with van der Waals surface area (Å²) in [5, 5.41) is 11.5. The number of carbonyl (C=O) groups is 2. The molecule has 0 spiro atoms. The summed E-state index contributed by atoms with van der Waals surface area (Å²) in [6.07, 6.45) is 1.01. The van der Waals surface area contributed by atoms with E-state index in [2.05, 4.69) is 5.32 Å². The van der Waals surface area contributed by atoms with E-state index in [1.165, 1.54) is 7.11 Å². The molecule has 0 bridgehead atoms. The fraction of sp³-hybridized carbons (Fsp3) is 0.286. The molecule has 2 N–H and O–H groups in total. The lowest BCUT2D eigenvalue weighted by atomic mass is 10.2. The van der Waals surface area contributed by atoms with Crippen molar-refractivity contribution < 1.29 is 28.3 Å². The average Bonchev–Trinajstić information content (AvgIpc) is 3.06. The minimum Gasteiger partial charge on any atom is -0.478 e. The molecule has 21 heavy (non-hydrogen) atoms. The van der Waals surface area contributed by atoms with Gasteiger partial charge in [-0.25, -0.2) is 4.79 Å². The lowest BCUT2D eigenvalue weighted by Gasteiger charge is -2.14. The molecule has 0 fully saturated rings. The Bertz CT molecular complexity index is 641. The van der Waals surface area contributed by atoms with E-state index in [1.807, 2.05) is 0 Å². The van der Waals surface area contributed by atoms with E-state index in [-0.39, 0.29) is 17.9 Å². The molecule has 7 nitrogen and oxygen atoms in total. The lowest BCUT2D eigenvalue weighted by molar-refractivity contribution is 0.0695. The highest BCUT2D eigenvalue weighted by Gasteiger charge is 2.21. The van der Waals surface area contributed by atoms with Gasteiger partial charge in [-0.1, -0.05) is 0 Å². The van der Waals surface area contributed by atoms with E-state index in [1.54, 1.807) is 19.1 Å². The number of hydrogen-bond donors (Lipinski definition) is 2. The predicted octanol–water partition coefficient (Wildman–Crippen LogP) is 2.00. The molecule has 2 rings (SSSR count). The van der Waals surface area contributed by atoms with E-state index < -0.39 is 17.9 Å². The zero-order valence-electron chi connectivity index (χ0n) is 11.6. The molecular weight excluding hydrogens is 278 g/mol. The molecule has 2 aromatic heterocycles. The highest BCUT2D eigenvalue weighted by molar-refractivity contribution is 5.95. The van der Waals surface area contributed by atoms with Crippen LogP contribution in [0.25, 0.3) is 0 Å². The van der Waals surface area contributed by atoms with Gasteiger partial charge >= 0.3 is 5.97 Å². The number of ether oxygens (including phenoxy) is 1. The third-order valence-electron chi connectivity index (χ3n) is 2.81. The van der Waals surface area contributed by atoms with Crippen molar-refractivity contribution in [2.75, 3.05) is 13.7 Å². The first-order valence-electron chi connectivity index (χ1n) is 6.19. The van der Waals surface area contributed by atoms with Gasteiger partial charge in [0.2, 0.25) is 0 Å². The van der Waals surface area contributed by atoms with Gasteiger partial charge in [-0.3, -0.25) is 4.79 Å². The summed E-state index contributed by atoms with van der Waals surface area (Å²) in [5.41, 5.74) is -0.0858. The third-order valence-corrected chi connectivity index (χ3v) is 2.81. The summed E-state index contributed by atoms with van der Waals surface area (Å²) in [6, 6.07) is 4.19. The Morgan fingerprint density at radius 1 is 1.43 bits per heavy atom. The monoisotopic (exact) mass is 293 g/mol. The van der Waals surface area contributed by atoms with Crippen LogP contribution in [0.3, 0.4) is 0 Å². The summed E-state index contributed by atoms with van der Waals surface area (Å²) in [6.45, 7) is 2.01. The topological polar surface area (TPSA) is 102 Å². The molecule has 7 heteroatoms. The zero-order chi connectivity index (χ0) is 15.4. The molecule has 1 unspecified atom stereocenters. The number of nitrogens with one attached hydrogen (secondary N) is 1. The normalized spacial score (nSPS) is 12.1. The van der Waals surface area contributed by atoms with E-state index in [9.17, 15) is 9.59 Å². The van der Waals surface area contributed by atoms with Crippen LogP contribution in [-0.4, -0.2) is 30.7 Å². The molecule has 0 saturated carbocycles. The van der Waals surface area contributed by atoms with Gasteiger partial charge in [-0.05, 0) is 19.1 Å². The van der Waals surface area contributed by atoms with Gasteiger partial charge in [0.1, 0.15) is 23.8 Å². The van der Waals surface area contributed by atoms with Gasteiger partial charge in [0.15, 0.2) is 5.76 Å². The van der Waals surface area contributed by atoms with Gasteiger partial charge in [0.05, 0.1) is 12.2 Å². The number of amides is 1. The summed E-state index contributed by atoms with van der Waals surface area (Å²) < 4.78 is 15.5. The van der Waals surface area contributed by atoms with Gasteiger partial charge in [0.25, 0.3) is 5.91 Å². The lowest BCUT2D eigenvalue weighted by Crippen LogP contribution is -2.30. The molecular formula is C14H15NO6. The van der Waals surface area contributed by atoms with Gasteiger partial charge in [0, 0.05) is 13.2 Å². The molecule has 2 heterocycles. The van der Waals surface area contributed by atoms with Crippen molar-refractivity contribution in [2.45, 2.75) is 13.0 Å². The van der Waals surface area contributed by atoms with Crippen LogP contribution >= 0.6 is 0 Å². The molecule has 0 saturated heterocycles. The smallest absolute Gasteiger partial charge is 0.338 e. The van der Waals surface area contributed by atoms with Crippen LogP contribution in [0, 0.1) is 6.92 Å². The van der Waals surface area contributed by atoms with Gasteiger partial charge in [-0.15, -0.1) is 0 Å². The number of furan rings is 2. The first-order chi connectivity index (χ1) is 10.0. The van der Waals surface area contributed by atoms with Crippen LogP contribution in [-0.2, 0) is 4.74 Å². The highest BCUT2D eigenvalue weighted by Crippen LogP contribution is 2.18. The molecule has 0 aromatic carbocycles. The Hall–Kier alpha value is -2.54. The van der Waals surface area contributed by atoms with Crippen molar-refractivity contribution in [3.05, 3.63) is 47.3 Å². The number of carboxylic acids is 1. The number of aromatic carboxylic acids is 1. The summed E-state index contributed by atoms with van der Waals surface area (Å²) in [5.74, 6) is -0.525.